The van der Waals surface area contributed by atoms with Crippen molar-refractivity contribution in [2.45, 2.75) is 24.8 Å². The zero-order valence-corrected chi connectivity index (χ0v) is 22.2. The lowest BCUT2D eigenvalue weighted by molar-refractivity contribution is -0.0474. The van der Waals surface area contributed by atoms with Gasteiger partial charge < -0.3 is 9.47 Å². The molecule has 1 unspecified atom stereocenters. The van der Waals surface area contributed by atoms with E-state index < -0.39 is 14.6 Å². The summed E-state index contributed by atoms with van der Waals surface area (Å²) in [5, 5.41) is 0.905. The highest BCUT2D eigenvalue weighted by Crippen LogP contribution is 2.37. The molecule has 0 bridgehead atoms. The summed E-state index contributed by atoms with van der Waals surface area (Å²) in [5.74, 6) is 0.799. The van der Waals surface area contributed by atoms with Gasteiger partial charge in [-0.05, 0) is 61.4 Å². The first kappa shape index (κ1) is 25.4. The highest BCUT2D eigenvalue weighted by atomic mass is 32.2. The molecular weight excluding hydrogens is 484 g/mol. The SMILES string of the molecule is CC(C)(c1cc(-c2cccc(C(Oc3ccccc3)N3CCOCC3)c2)c2ncccc2c1)S(C)(=O)=O. The second kappa shape index (κ2) is 10.2. The normalized spacial score (nSPS) is 16.0. The molecule has 2 heterocycles. The molecule has 192 valence electrons. The molecule has 6 nitrogen and oxygen atoms in total. The maximum absolute atomic E-state index is 12.7. The molecule has 1 atom stereocenters. The summed E-state index contributed by atoms with van der Waals surface area (Å²) in [7, 11) is -3.35. The van der Waals surface area contributed by atoms with Gasteiger partial charge in [0.2, 0.25) is 0 Å². The average molecular weight is 517 g/mol. The van der Waals surface area contributed by atoms with E-state index in [4.69, 9.17) is 9.47 Å². The summed E-state index contributed by atoms with van der Waals surface area (Å²) in [6.45, 7) is 6.36. The number of hydrogen-bond donors (Lipinski definition) is 0. The number of ether oxygens (including phenoxy) is 2. The molecule has 0 spiro atoms. The topological polar surface area (TPSA) is 68.7 Å². The number of benzene rings is 3. The first-order valence-corrected chi connectivity index (χ1v) is 14.4. The zero-order chi connectivity index (χ0) is 26.0. The van der Waals surface area contributed by atoms with Crippen molar-refractivity contribution < 1.29 is 17.9 Å². The minimum absolute atomic E-state index is 0.291. The van der Waals surface area contributed by atoms with Gasteiger partial charge in [-0.1, -0.05) is 42.5 Å². The van der Waals surface area contributed by atoms with E-state index in [9.17, 15) is 8.42 Å². The van der Waals surface area contributed by atoms with Gasteiger partial charge in [-0.3, -0.25) is 9.88 Å². The van der Waals surface area contributed by atoms with Crippen LogP contribution in [0.2, 0.25) is 0 Å². The van der Waals surface area contributed by atoms with E-state index in [0.717, 1.165) is 52.0 Å². The average Bonchev–Trinajstić information content (AvgIpc) is 2.91. The molecule has 4 aromatic rings. The number of hydrogen-bond acceptors (Lipinski definition) is 6. The molecule has 1 aliphatic heterocycles. The van der Waals surface area contributed by atoms with Gasteiger partial charge in [0.1, 0.15) is 5.75 Å². The van der Waals surface area contributed by atoms with E-state index in [1.807, 2.05) is 66.7 Å². The molecule has 0 amide bonds. The largest absolute Gasteiger partial charge is 0.471 e. The Kier molecular flexibility index (Phi) is 7.03. The number of pyridine rings is 1. The molecule has 0 aliphatic carbocycles. The molecule has 1 saturated heterocycles. The Morgan fingerprint density at radius 2 is 1.70 bits per heavy atom. The predicted molar refractivity (Wildman–Crippen MR) is 147 cm³/mol. The monoisotopic (exact) mass is 516 g/mol. The molecule has 0 saturated carbocycles. The Morgan fingerprint density at radius 1 is 0.946 bits per heavy atom. The van der Waals surface area contributed by atoms with Crippen molar-refractivity contribution in [1.29, 1.82) is 0 Å². The van der Waals surface area contributed by atoms with Gasteiger partial charge in [0.05, 0.1) is 23.5 Å². The third-order valence-electron chi connectivity index (χ3n) is 7.18. The fourth-order valence-electron chi connectivity index (χ4n) is 4.63. The summed E-state index contributed by atoms with van der Waals surface area (Å²) in [4.78, 5) is 6.95. The van der Waals surface area contributed by atoms with E-state index in [0.29, 0.717) is 13.2 Å². The maximum atomic E-state index is 12.7. The zero-order valence-electron chi connectivity index (χ0n) is 21.4. The molecule has 1 aromatic heterocycles. The van der Waals surface area contributed by atoms with Gasteiger partial charge in [-0.15, -0.1) is 0 Å². The smallest absolute Gasteiger partial charge is 0.179 e. The van der Waals surface area contributed by atoms with Gasteiger partial charge in [-0.2, -0.15) is 0 Å². The van der Waals surface area contributed by atoms with Gasteiger partial charge >= 0.3 is 0 Å². The molecule has 0 radical (unpaired) electrons. The first-order valence-electron chi connectivity index (χ1n) is 12.5. The van der Waals surface area contributed by atoms with E-state index in [1.54, 1.807) is 20.0 Å². The quantitative estimate of drug-likeness (QED) is 0.319. The van der Waals surface area contributed by atoms with Crippen molar-refractivity contribution in [2.24, 2.45) is 0 Å². The number of para-hydroxylation sites is 1. The molecule has 7 heteroatoms. The van der Waals surface area contributed by atoms with Crippen molar-refractivity contribution in [1.82, 2.24) is 9.88 Å². The maximum Gasteiger partial charge on any atom is 0.179 e. The van der Waals surface area contributed by atoms with Crippen molar-refractivity contribution in [2.75, 3.05) is 32.6 Å². The third-order valence-corrected chi connectivity index (χ3v) is 9.27. The van der Waals surface area contributed by atoms with Crippen LogP contribution in [-0.2, 0) is 19.3 Å². The van der Waals surface area contributed by atoms with Crippen LogP contribution in [0.15, 0.2) is 85.1 Å². The van der Waals surface area contributed by atoms with Crippen molar-refractivity contribution in [3.63, 3.8) is 0 Å². The minimum Gasteiger partial charge on any atom is -0.471 e. The van der Waals surface area contributed by atoms with Crippen LogP contribution < -0.4 is 4.74 Å². The van der Waals surface area contributed by atoms with Crippen molar-refractivity contribution in [3.05, 3.63) is 96.2 Å². The number of fused-ring (bicyclic) bond motifs is 1. The van der Waals surface area contributed by atoms with Crippen molar-refractivity contribution >= 4 is 20.7 Å². The van der Waals surface area contributed by atoms with Gasteiger partial charge in [-0.25, -0.2) is 8.42 Å². The highest BCUT2D eigenvalue weighted by molar-refractivity contribution is 7.91. The first-order chi connectivity index (χ1) is 17.7. The Balaban J connectivity index is 1.63. The fourth-order valence-corrected chi connectivity index (χ4v) is 5.17. The second-order valence-electron chi connectivity index (χ2n) is 9.94. The van der Waals surface area contributed by atoms with Crippen LogP contribution in [0.4, 0.5) is 0 Å². The molecular formula is C30H32N2O4S. The Morgan fingerprint density at radius 3 is 2.43 bits per heavy atom. The lowest BCUT2D eigenvalue weighted by Gasteiger charge is -2.34. The number of rotatable bonds is 7. The van der Waals surface area contributed by atoms with Crippen molar-refractivity contribution in [3.8, 4) is 16.9 Å². The van der Waals surface area contributed by atoms with E-state index in [1.165, 1.54) is 6.26 Å². The van der Waals surface area contributed by atoms with Gasteiger partial charge in [0.15, 0.2) is 16.1 Å². The molecule has 37 heavy (non-hydrogen) atoms. The van der Waals surface area contributed by atoms with Crippen LogP contribution in [-0.4, -0.2) is 50.9 Å². The highest BCUT2D eigenvalue weighted by Gasteiger charge is 2.33. The number of nitrogens with zero attached hydrogens (tertiary/aromatic N) is 2. The molecule has 1 fully saturated rings. The second-order valence-corrected chi connectivity index (χ2v) is 12.5. The lowest BCUT2D eigenvalue weighted by Crippen LogP contribution is -2.41. The Hall–Kier alpha value is -3.26. The fraction of sp³-hybridized carbons (Fsp3) is 0.300. The Labute approximate surface area is 218 Å². The summed E-state index contributed by atoms with van der Waals surface area (Å²) >= 11 is 0. The van der Waals surface area contributed by atoms with E-state index in [2.05, 4.69) is 22.0 Å². The van der Waals surface area contributed by atoms with Crippen LogP contribution in [0.25, 0.3) is 22.0 Å². The summed E-state index contributed by atoms with van der Waals surface area (Å²) in [6, 6.07) is 25.9. The third kappa shape index (κ3) is 5.25. The lowest BCUT2D eigenvalue weighted by atomic mass is 9.92. The van der Waals surface area contributed by atoms with Gasteiger partial charge in [0, 0.05) is 42.1 Å². The number of sulfone groups is 1. The molecule has 0 N–H and O–H groups in total. The minimum atomic E-state index is -3.35. The molecule has 3 aromatic carbocycles. The van der Waals surface area contributed by atoms with Crippen LogP contribution in [0.1, 0.15) is 31.2 Å². The van der Waals surface area contributed by atoms with E-state index >= 15 is 0 Å². The number of morpholine rings is 1. The van der Waals surface area contributed by atoms with Crippen LogP contribution in [0.5, 0.6) is 5.75 Å². The predicted octanol–water partition coefficient (Wildman–Crippen LogP) is 5.59. The van der Waals surface area contributed by atoms with Crippen LogP contribution in [0, 0.1) is 0 Å². The molecule has 5 rings (SSSR count). The van der Waals surface area contributed by atoms with Gasteiger partial charge in [0.25, 0.3) is 0 Å². The summed E-state index contributed by atoms with van der Waals surface area (Å²) in [5.41, 5.74) is 4.44. The number of aromatic nitrogens is 1. The molecule has 1 aliphatic rings. The van der Waals surface area contributed by atoms with E-state index in [-0.39, 0.29) is 6.23 Å². The Bertz CT molecular complexity index is 1500. The summed E-state index contributed by atoms with van der Waals surface area (Å²) in [6.07, 6.45) is 2.77. The van der Waals surface area contributed by atoms with Crippen LogP contribution in [0.3, 0.4) is 0 Å². The summed E-state index contributed by atoms with van der Waals surface area (Å²) < 4.78 is 36.4. The standard InChI is InChI=1S/C30H32N2O4S/c1-30(2,37(3,33)34)25-20-23-11-8-14-31-28(23)27(21-25)22-9-7-10-24(19-22)29(32-15-17-35-18-16-32)36-26-12-5-4-6-13-26/h4-14,19-21,29H,15-18H2,1-3H3. The van der Waals surface area contributed by atoms with Crippen LogP contribution >= 0.6 is 0 Å².